The highest BCUT2D eigenvalue weighted by Gasteiger charge is 2.21. The van der Waals surface area contributed by atoms with Crippen LogP contribution in [-0.2, 0) is 16.1 Å². The number of ketones is 1. The van der Waals surface area contributed by atoms with Crippen LogP contribution in [0.25, 0.3) is 0 Å². The number of hydrogen-bond acceptors (Lipinski definition) is 5. The molecule has 6 nitrogen and oxygen atoms in total. The van der Waals surface area contributed by atoms with Crippen LogP contribution in [0, 0.1) is 10.1 Å². The smallest absolute Gasteiger partial charge is 0.302 e. The Kier molecular flexibility index (Phi) is 3.92. The molecule has 0 amide bonds. The summed E-state index contributed by atoms with van der Waals surface area (Å²) < 4.78 is 4.74. The average molecular weight is 237 g/mol. The molecule has 0 atom stereocenters. The Hall–Kier alpha value is -2.24. The normalized spacial score (nSPS) is 9.76. The fourth-order valence-electron chi connectivity index (χ4n) is 1.44. The number of Topliss-reactive ketones (excluding diaryl/α,β-unsaturated/α-hetero) is 1. The summed E-state index contributed by atoms with van der Waals surface area (Å²) in [5.74, 6) is -0.939. The third-order valence-electron chi connectivity index (χ3n) is 2.11. The van der Waals surface area contributed by atoms with E-state index in [-0.39, 0.29) is 17.9 Å². The summed E-state index contributed by atoms with van der Waals surface area (Å²) in [5, 5.41) is 10.8. The predicted octanol–water partition coefficient (Wildman–Crippen LogP) is 1.86. The maximum absolute atomic E-state index is 11.4. The van der Waals surface area contributed by atoms with Crippen LogP contribution in [0.3, 0.4) is 0 Å². The van der Waals surface area contributed by atoms with Gasteiger partial charge in [-0.2, -0.15) is 0 Å². The number of hydrogen-bond donors (Lipinski definition) is 0. The van der Waals surface area contributed by atoms with Gasteiger partial charge in [0.05, 0.1) is 4.92 Å². The number of nitro groups is 1. The van der Waals surface area contributed by atoms with Gasteiger partial charge in [0.15, 0.2) is 5.78 Å². The Bertz CT molecular complexity index is 481. The molecule has 0 N–H and O–H groups in total. The van der Waals surface area contributed by atoms with Crippen molar-refractivity contribution >= 4 is 17.4 Å². The first-order chi connectivity index (χ1) is 7.93. The van der Waals surface area contributed by atoms with Crippen molar-refractivity contribution in [2.75, 3.05) is 0 Å². The molecule has 0 bridgehead atoms. The molecule has 6 heteroatoms. The van der Waals surface area contributed by atoms with Gasteiger partial charge in [0, 0.05) is 18.6 Å². The molecule has 0 spiro atoms. The maximum atomic E-state index is 11.4. The number of benzene rings is 1. The van der Waals surface area contributed by atoms with Gasteiger partial charge in [-0.25, -0.2) is 0 Å². The summed E-state index contributed by atoms with van der Waals surface area (Å²) in [5.41, 5.74) is 0.0443. The number of carbonyl (C=O) groups excluding carboxylic acids is 2. The van der Waals surface area contributed by atoms with Crippen LogP contribution in [0.1, 0.15) is 29.8 Å². The summed E-state index contributed by atoms with van der Waals surface area (Å²) in [6.45, 7) is 2.32. The van der Waals surface area contributed by atoms with Crippen molar-refractivity contribution in [2.24, 2.45) is 0 Å². The lowest BCUT2D eigenvalue weighted by molar-refractivity contribution is -0.385. The zero-order valence-electron chi connectivity index (χ0n) is 9.43. The predicted molar refractivity (Wildman–Crippen MR) is 58.6 cm³/mol. The topological polar surface area (TPSA) is 86.5 Å². The van der Waals surface area contributed by atoms with Gasteiger partial charge in [0.25, 0.3) is 5.69 Å². The Balaban J connectivity index is 3.20. The highest BCUT2D eigenvalue weighted by molar-refractivity contribution is 5.99. The number of esters is 1. The molecule has 1 aromatic carbocycles. The highest BCUT2D eigenvalue weighted by Crippen LogP contribution is 2.23. The first-order valence-corrected chi connectivity index (χ1v) is 4.84. The summed E-state index contributed by atoms with van der Waals surface area (Å²) in [6, 6.07) is 4.21. The maximum Gasteiger partial charge on any atom is 0.302 e. The average Bonchev–Trinajstić information content (AvgIpc) is 2.25. The first kappa shape index (κ1) is 12.8. The van der Waals surface area contributed by atoms with Gasteiger partial charge in [-0.3, -0.25) is 19.7 Å². The first-order valence-electron chi connectivity index (χ1n) is 4.84. The minimum Gasteiger partial charge on any atom is -0.461 e. The SMILES string of the molecule is CC(=O)OCc1cccc([N+](=O)[O-])c1C(C)=O. The number of rotatable bonds is 4. The standard InChI is InChI=1S/C11H11NO5/c1-7(13)11-9(6-17-8(2)14)4-3-5-10(11)12(15)16/h3-5H,6H2,1-2H3. The largest absolute Gasteiger partial charge is 0.461 e. The van der Waals surface area contributed by atoms with Gasteiger partial charge >= 0.3 is 5.97 Å². The second-order valence-corrected chi connectivity index (χ2v) is 3.40. The van der Waals surface area contributed by atoms with E-state index in [1.165, 1.54) is 32.0 Å². The summed E-state index contributed by atoms with van der Waals surface area (Å²) in [7, 11) is 0. The second-order valence-electron chi connectivity index (χ2n) is 3.40. The molecule has 1 rings (SSSR count). The zero-order valence-corrected chi connectivity index (χ0v) is 9.43. The third kappa shape index (κ3) is 3.10. The summed E-state index contributed by atoms with van der Waals surface area (Å²) >= 11 is 0. The van der Waals surface area contributed by atoms with Crippen LogP contribution in [0.4, 0.5) is 5.69 Å². The minimum atomic E-state index is -0.631. The van der Waals surface area contributed by atoms with Crippen LogP contribution in [-0.4, -0.2) is 16.7 Å². The number of nitro benzene ring substituents is 1. The van der Waals surface area contributed by atoms with Crippen molar-refractivity contribution in [3.8, 4) is 0 Å². The lowest BCUT2D eigenvalue weighted by Crippen LogP contribution is -2.07. The van der Waals surface area contributed by atoms with Crippen LogP contribution in [0.5, 0.6) is 0 Å². The molecule has 0 unspecified atom stereocenters. The Morgan fingerprint density at radius 2 is 2.00 bits per heavy atom. The molecular weight excluding hydrogens is 226 g/mol. The minimum absolute atomic E-state index is 0.0150. The lowest BCUT2D eigenvalue weighted by atomic mass is 10.0. The lowest BCUT2D eigenvalue weighted by Gasteiger charge is -2.07. The number of carbonyl (C=O) groups is 2. The second kappa shape index (κ2) is 5.20. The van der Waals surface area contributed by atoms with Crippen molar-refractivity contribution in [2.45, 2.75) is 20.5 Å². The van der Waals surface area contributed by atoms with Gasteiger partial charge < -0.3 is 4.74 Å². The number of nitrogens with zero attached hydrogens (tertiary/aromatic N) is 1. The molecule has 0 saturated heterocycles. The Labute approximate surface area is 97.3 Å². The quantitative estimate of drug-likeness (QED) is 0.345. The number of ether oxygens (including phenoxy) is 1. The van der Waals surface area contributed by atoms with E-state index < -0.39 is 16.7 Å². The van der Waals surface area contributed by atoms with E-state index in [0.717, 1.165) is 0 Å². The van der Waals surface area contributed by atoms with Crippen molar-refractivity contribution in [1.29, 1.82) is 0 Å². The van der Waals surface area contributed by atoms with Crippen molar-refractivity contribution in [1.82, 2.24) is 0 Å². The summed E-state index contributed by atoms with van der Waals surface area (Å²) in [6.07, 6.45) is 0. The molecule has 17 heavy (non-hydrogen) atoms. The van der Waals surface area contributed by atoms with E-state index >= 15 is 0 Å². The van der Waals surface area contributed by atoms with Gasteiger partial charge in [0.1, 0.15) is 12.2 Å². The molecule has 0 heterocycles. The van der Waals surface area contributed by atoms with Crippen molar-refractivity contribution in [3.63, 3.8) is 0 Å². The molecule has 0 fully saturated rings. The molecule has 90 valence electrons. The van der Waals surface area contributed by atoms with E-state index in [2.05, 4.69) is 0 Å². The Morgan fingerprint density at radius 1 is 1.35 bits per heavy atom. The molecule has 0 aliphatic carbocycles. The van der Waals surface area contributed by atoms with E-state index in [1.807, 2.05) is 0 Å². The Morgan fingerprint density at radius 3 is 2.47 bits per heavy atom. The van der Waals surface area contributed by atoms with E-state index in [9.17, 15) is 19.7 Å². The molecule has 0 aromatic heterocycles. The van der Waals surface area contributed by atoms with Gasteiger partial charge in [-0.1, -0.05) is 12.1 Å². The zero-order chi connectivity index (χ0) is 13.0. The monoisotopic (exact) mass is 237 g/mol. The van der Waals surface area contributed by atoms with E-state index in [1.54, 1.807) is 0 Å². The molecule has 0 radical (unpaired) electrons. The summed E-state index contributed by atoms with van der Waals surface area (Å²) in [4.78, 5) is 32.2. The molecule has 1 aromatic rings. The van der Waals surface area contributed by atoms with Gasteiger partial charge in [0.2, 0.25) is 0 Å². The molecule has 0 aliphatic rings. The molecule has 0 aliphatic heterocycles. The molecular formula is C11H11NO5. The van der Waals surface area contributed by atoms with Crippen LogP contribution >= 0.6 is 0 Å². The van der Waals surface area contributed by atoms with Crippen LogP contribution in [0.15, 0.2) is 18.2 Å². The van der Waals surface area contributed by atoms with Crippen molar-refractivity contribution < 1.29 is 19.2 Å². The van der Waals surface area contributed by atoms with Crippen molar-refractivity contribution in [3.05, 3.63) is 39.4 Å². The van der Waals surface area contributed by atoms with Gasteiger partial charge in [-0.05, 0) is 6.92 Å². The molecule has 0 saturated carbocycles. The van der Waals surface area contributed by atoms with Crippen LogP contribution in [0.2, 0.25) is 0 Å². The van der Waals surface area contributed by atoms with E-state index in [0.29, 0.717) is 5.56 Å². The van der Waals surface area contributed by atoms with Crippen LogP contribution < -0.4 is 0 Å². The van der Waals surface area contributed by atoms with E-state index in [4.69, 9.17) is 4.74 Å². The third-order valence-corrected chi connectivity index (χ3v) is 2.11. The highest BCUT2D eigenvalue weighted by atomic mass is 16.6. The van der Waals surface area contributed by atoms with Gasteiger partial charge in [-0.15, -0.1) is 0 Å². The fraction of sp³-hybridized carbons (Fsp3) is 0.273. The fourth-order valence-corrected chi connectivity index (χ4v) is 1.44.